The van der Waals surface area contributed by atoms with E-state index in [4.69, 9.17) is 24.5 Å². The Morgan fingerprint density at radius 3 is 2.33 bits per heavy atom. The number of esters is 2. The zero-order valence-corrected chi connectivity index (χ0v) is 29.3. The molecule has 9 heteroatoms. The van der Waals surface area contributed by atoms with Crippen LogP contribution in [-0.2, 0) is 19.1 Å². The van der Waals surface area contributed by atoms with Crippen LogP contribution in [0, 0.1) is 23.2 Å². The van der Waals surface area contributed by atoms with Gasteiger partial charge in [0.05, 0.1) is 48.4 Å². The first-order valence-corrected chi connectivity index (χ1v) is 16.6. The zero-order valence-electron chi connectivity index (χ0n) is 29.3. The van der Waals surface area contributed by atoms with Crippen LogP contribution in [0.5, 0.6) is 0 Å². The lowest BCUT2D eigenvalue weighted by molar-refractivity contribution is -0.151. The number of fused-ring (bicyclic) bond motifs is 5. The first kappa shape index (κ1) is 33.1. The van der Waals surface area contributed by atoms with Crippen LogP contribution in [-0.4, -0.2) is 48.4 Å². The van der Waals surface area contributed by atoms with Crippen molar-refractivity contribution in [3.8, 4) is 0 Å². The maximum Gasteiger partial charge on any atom is 0.324 e. The minimum absolute atomic E-state index is 0.0728. The summed E-state index contributed by atoms with van der Waals surface area (Å²) in [6.45, 7) is 18.2. The lowest BCUT2D eigenvalue weighted by atomic mass is 9.69. The van der Waals surface area contributed by atoms with Gasteiger partial charge >= 0.3 is 11.9 Å². The number of methoxy groups -OCH3 is 2. The van der Waals surface area contributed by atoms with Crippen LogP contribution < -0.4 is 5.32 Å². The number of carbonyl (C=O) groups is 2. The Balaban J connectivity index is 1.73. The van der Waals surface area contributed by atoms with Gasteiger partial charge in [-0.3, -0.25) is 9.59 Å². The monoisotopic (exact) mass is 648 g/mol. The number of allylic oxidation sites excluding steroid dienone is 11. The van der Waals surface area contributed by atoms with Crippen LogP contribution in [0.15, 0.2) is 119 Å². The third kappa shape index (κ3) is 4.61. The number of hydrogen-bond acceptors (Lipinski definition) is 9. The fraction of sp³-hybridized carbons (Fsp3) is 0.410. The van der Waals surface area contributed by atoms with Gasteiger partial charge in [-0.05, 0) is 80.1 Å². The molecule has 0 aromatic heterocycles. The van der Waals surface area contributed by atoms with Crippen LogP contribution in [0.1, 0.15) is 67.7 Å². The summed E-state index contributed by atoms with van der Waals surface area (Å²) in [4.78, 5) is 41.9. The van der Waals surface area contributed by atoms with Gasteiger partial charge in [0.2, 0.25) is 0 Å². The molecule has 0 aromatic rings. The lowest BCUT2D eigenvalue weighted by Crippen LogP contribution is -2.42. The minimum atomic E-state index is -1.52. The number of hydrogen-bond donors (Lipinski definition) is 2. The molecule has 3 atom stereocenters. The van der Waals surface area contributed by atoms with Crippen LogP contribution in [0.4, 0.5) is 0 Å². The van der Waals surface area contributed by atoms with Gasteiger partial charge in [0.1, 0.15) is 5.76 Å². The molecule has 0 saturated carbocycles. The molecular formula is C39H44N4O5. The third-order valence-corrected chi connectivity index (χ3v) is 10.8. The van der Waals surface area contributed by atoms with E-state index in [0.29, 0.717) is 29.0 Å². The number of nitrogens with one attached hydrogen (secondary N) is 1. The second-order valence-electron chi connectivity index (χ2n) is 13.4. The molecule has 0 spiro atoms. The molecule has 48 heavy (non-hydrogen) atoms. The number of aliphatic imine (C=N–C) groups is 3. The zero-order chi connectivity index (χ0) is 34.8. The van der Waals surface area contributed by atoms with Gasteiger partial charge < -0.3 is 19.9 Å². The van der Waals surface area contributed by atoms with E-state index in [0.717, 1.165) is 68.5 Å². The minimum Gasteiger partial charge on any atom is -0.510 e. The number of aliphatic hydroxyl groups excluding tert-OH is 1. The standard InChI is InChI=1S/C39H44N4O5/c1-11-23-19(5)26-15-28-21(7)25(13-14-32(44)47-9)35(42-28)34-36-33(37(45)39(34,18(3)4)38(46)48-10)22(8)29(43-36)17-31-24(12-2)20(6)27(41-31)16-30(23)40-26/h11,15-18,21,25,42,45H,1,12-14H2,2-10H3/t21-,25-,39-/m0/s1. The van der Waals surface area contributed by atoms with E-state index in [1.165, 1.54) is 14.2 Å². The van der Waals surface area contributed by atoms with Crippen molar-refractivity contribution < 1.29 is 24.2 Å². The van der Waals surface area contributed by atoms with Crippen LogP contribution in [0.25, 0.3) is 0 Å². The fourth-order valence-electron chi connectivity index (χ4n) is 8.04. The summed E-state index contributed by atoms with van der Waals surface area (Å²) in [6.07, 6.45) is 9.27. The van der Waals surface area contributed by atoms with E-state index in [2.05, 4.69) is 32.7 Å². The molecule has 2 N–H and O–H groups in total. The maximum absolute atomic E-state index is 14.1. The van der Waals surface area contributed by atoms with Gasteiger partial charge in [-0.25, -0.2) is 15.0 Å². The van der Waals surface area contributed by atoms with Gasteiger partial charge in [-0.15, -0.1) is 0 Å². The van der Waals surface area contributed by atoms with Crippen molar-refractivity contribution in [1.29, 1.82) is 0 Å². The maximum atomic E-state index is 14.1. The molecule has 250 valence electrons. The molecule has 0 amide bonds. The Bertz CT molecular complexity index is 1930. The van der Waals surface area contributed by atoms with E-state index in [1.807, 2.05) is 52.0 Å². The fourth-order valence-corrected chi connectivity index (χ4v) is 8.04. The SMILES string of the molecule is C=CC1=C(C)C2=NC1=CC1=NC(=CC3=C(C)C4=C(O)[C@](C(=O)OC)(C(C)C)C(=C5NC(=C2)[C@@H](C)[C@@H]5CCC(=O)OC)C4=N3)C(CC)=C1C. The average Bonchev–Trinajstić information content (AvgIpc) is 3.79. The smallest absolute Gasteiger partial charge is 0.324 e. The quantitative estimate of drug-likeness (QED) is 0.281. The van der Waals surface area contributed by atoms with Gasteiger partial charge in [0, 0.05) is 46.4 Å². The molecule has 0 radical (unpaired) electrons. The van der Waals surface area contributed by atoms with E-state index in [9.17, 15) is 14.7 Å². The largest absolute Gasteiger partial charge is 0.510 e. The summed E-state index contributed by atoms with van der Waals surface area (Å²) in [5, 5.41) is 15.9. The number of aliphatic hydroxyl groups is 1. The third-order valence-electron chi connectivity index (χ3n) is 10.8. The molecule has 0 aromatic carbocycles. The number of carbonyl (C=O) groups excluding carboxylic acids is 2. The highest BCUT2D eigenvalue weighted by atomic mass is 16.5. The highest BCUT2D eigenvalue weighted by Crippen LogP contribution is 2.57. The lowest BCUT2D eigenvalue weighted by Gasteiger charge is -2.34. The first-order valence-electron chi connectivity index (χ1n) is 16.6. The molecule has 1 saturated heterocycles. The van der Waals surface area contributed by atoms with Crippen molar-refractivity contribution in [2.75, 3.05) is 14.2 Å². The highest BCUT2D eigenvalue weighted by Gasteiger charge is 2.61. The summed E-state index contributed by atoms with van der Waals surface area (Å²) in [7, 11) is 2.73. The van der Waals surface area contributed by atoms with Gasteiger partial charge in [0.25, 0.3) is 0 Å². The molecule has 1 fully saturated rings. The molecule has 1 aliphatic carbocycles. The van der Waals surface area contributed by atoms with Crippen molar-refractivity contribution in [3.63, 3.8) is 0 Å². The van der Waals surface area contributed by atoms with Crippen molar-refractivity contribution in [1.82, 2.24) is 5.32 Å². The summed E-state index contributed by atoms with van der Waals surface area (Å²) in [6, 6.07) is 0. The Morgan fingerprint density at radius 2 is 1.71 bits per heavy atom. The molecule has 5 heterocycles. The van der Waals surface area contributed by atoms with Crippen molar-refractivity contribution in [3.05, 3.63) is 104 Å². The molecular weight excluding hydrogens is 604 g/mol. The number of nitrogens with zero attached hydrogens (tertiary/aromatic N) is 3. The Kier molecular flexibility index (Phi) is 8.30. The van der Waals surface area contributed by atoms with E-state index >= 15 is 0 Å². The molecule has 9 nitrogen and oxygen atoms in total. The van der Waals surface area contributed by atoms with Crippen LogP contribution in [0.2, 0.25) is 0 Å². The number of rotatable bonds is 7. The normalized spacial score (nSPS) is 26.1. The molecule has 5 aliphatic heterocycles. The Morgan fingerprint density at radius 1 is 1.02 bits per heavy atom. The summed E-state index contributed by atoms with van der Waals surface area (Å²) >= 11 is 0. The molecule has 6 aliphatic rings. The molecule has 6 rings (SSSR count). The summed E-state index contributed by atoms with van der Waals surface area (Å²) in [5.74, 6) is -1.70. The Labute approximate surface area is 282 Å². The van der Waals surface area contributed by atoms with Crippen molar-refractivity contribution in [2.24, 2.45) is 38.1 Å². The second-order valence-corrected chi connectivity index (χ2v) is 13.4. The molecule has 0 unspecified atom stereocenters. The summed E-state index contributed by atoms with van der Waals surface area (Å²) < 4.78 is 10.5. The van der Waals surface area contributed by atoms with Crippen molar-refractivity contribution in [2.45, 2.75) is 67.7 Å². The number of ether oxygens (including phenoxy) is 2. The first-order chi connectivity index (χ1) is 22.8. The second kappa shape index (κ2) is 12.0. The summed E-state index contributed by atoms with van der Waals surface area (Å²) in [5.41, 5.74) is 10.5. The van der Waals surface area contributed by atoms with Gasteiger partial charge in [0.15, 0.2) is 5.41 Å². The predicted molar refractivity (Wildman–Crippen MR) is 188 cm³/mol. The van der Waals surface area contributed by atoms with Crippen LogP contribution >= 0.6 is 0 Å². The van der Waals surface area contributed by atoms with Gasteiger partial charge in [-0.1, -0.05) is 40.3 Å². The predicted octanol–water partition coefficient (Wildman–Crippen LogP) is 7.22. The Hall–Kier alpha value is -4.79. The molecule has 8 bridgehead atoms. The average molecular weight is 649 g/mol. The van der Waals surface area contributed by atoms with E-state index < -0.39 is 17.3 Å². The van der Waals surface area contributed by atoms with Crippen molar-refractivity contribution >= 4 is 29.1 Å². The van der Waals surface area contributed by atoms with E-state index in [-0.39, 0.29) is 30.0 Å². The van der Waals surface area contributed by atoms with Gasteiger partial charge in [-0.2, -0.15) is 0 Å². The van der Waals surface area contributed by atoms with Crippen LogP contribution in [0.3, 0.4) is 0 Å². The van der Waals surface area contributed by atoms with E-state index in [1.54, 1.807) is 0 Å². The topological polar surface area (TPSA) is 122 Å². The highest BCUT2D eigenvalue weighted by molar-refractivity contribution is 6.25.